The van der Waals surface area contributed by atoms with Gasteiger partial charge in [0.15, 0.2) is 0 Å². The van der Waals surface area contributed by atoms with Gasteiger partial charge in [-0.3, -0.25) is 29.8 Å². The molecule has 0 aliphatic rings. The molecular formula is C24H20ClN6O7P. The van der Waals surface area contributed by atoms with Gasteiger partial charge in [-0.05, 0) is 24.3 Å². The van der Waals surface area contributed by atoms with E-state index in [1.807, 2.05) is 0 Å². The SMILES string of the molecule is O=C(CP(=O)(CC(=O)N/N=C\c1cccc([N+](=O)[O-])c1)c1ccc(Cl)cc1)N/N=C\c1cccc([N+](=O)[O-])c1. The Labute approximate surface area is 226 Å². The Morgan fingerprint density at radius 1 is 0.795 bits per heavy atom. The Morgan fingerprint density at radius 2 is 1.23 bits per heavy atom. The predicted molar refractivity (Wildman–Crippen MR) is 146 cm³/mol. The molecule has 0 heterocycles. The molecule has 3 rings (SSSR count). The molecule has 15 heteroatoms. The maximum Gasteiger partial charge on any atom is 0.270 e. The smallest absolute Gasteiger partial charge is 0.270 e. The third-order valence-electron chi connectivity index (χ3n) is 5.06. The molecule has 0 aliphatic carbocycles. The summed E-state index contributed by atoms with van der Waals surface area (Å²) in [7, 11) is -3.68. The number of carbonyl (C=O) groups excluding carboxylic acids is 2. The van der Waals surface area contributed by atoms with E-state index in [2.05, 4.69) is 21.1 Å². The van der Waals surface area contributed by atoms with Crippen molar-refractivity contribution in [2.24, 2.45) is 10.2 Å². The molecule has 0 aliphatic heterocycles. The van der Waals surface area contributed by atoms with Crippen LogP contribution >= 0.6 is 18.7 Å². The number of nitro benzene ring substituents is 2. The summed E-state index contributed by atoms with van der Waals surface area (Å²) in [6.45, 7) is 0. The molecule has 3 aromatic rings. The number of hydrogen-bond acceptors (Lipinski definition) is 9. The first-order chi connectivity index (χ1) is 18.6. The maximum absolute atomic E-state index is 13.8. The summed E-state index contributed by atoms with van der Waals surface area (Å²) in [5.41, 5.74) is 4.82. The highest BCUT2D eigenvalue weighted by Crippen LogP contribution is 2.44. The number of nitrogens with zero attached hydrogens (tertiary/aromatic N) is 4. The number of rotatable bonds is 11. The van der Waals surface area contributed by atoms with E-state index in [1.54, 1.807) is 12.1 Å². The normalized spacial score (nSPS) is 11.4. The summed E-state index contributed by atoms with van der Waals surface area (Å²) in [6, 6.07) is 16.9. The highest BCUT2D eigenvalue weighted by molar-refractivity contribution is 7.73. The number of amides is 2. The van der Waals surface area contributed by atoms with Gasteiger partial charge in [0.25, 0.3) is 11.4 Å². The van der Waals surface area contributed by atoms with Crippen molar-refractivity contribution in [1.82, 2.24) is 10.9 Å². The van der Waals surface area contributed by atoms with E-state index in [4.69, 9.17) is 11.6 Å². The monoisotopic (exact) mass is 570 g/mol. The van der Waals surface area contributed by atoms with Crippen molar-refractivity contribution in [1.29, 1.82) is 0 Å². The molecule has 0 fully saturated rings. The van der Waals surface area contributed by atoms with Gasteiger partial charge < -0.3 is 4.57 Å². The van der Waals surface area contributed by atoms with Crippen molar-refractivity contribution in [3.05, 3.63) is 109 Å². The van der Waals surface area contributed by atoms with Crippen LogP contribution in [0.1, 0.15) is 11.1 Å². The lowest BCUT2D eigenvalue weighted by Gasteiger charge is -2.17. The van der Waals surface area contributed by atoms with Crippen molar-refractivity contribution < 1.29 is 24.0 Å². The Hall–Kier alpha value is -4.74. The van der Waals surface area contributed by atoms with Crippen molar-refractivity contribution in [3.63, 3.8) is 0 Å². The van der Waals surface area contributed by atoms with Crippen LogP contribution in [-0.2, 0) is 14.2 Å². The van der Waals surface area contributed by atoms with E-state index in [0.717, 1.165) is 0 Å². The van der Waals surface area contributed by atoms with Gasteiger partial charge in [0.1, 0.15) is 7.14 Å². The van der Waals surface area contributed by atoms with Crippen molar-refractivity contribution in [2.75, 3.05) is 12.3 Å². The Kier molecular flexibility index (Phi) is 9.74. The molecule has 3 aromatic carbocycles. The fourth-order valence-corrected chi connectivity index (χ4v) is 5.65. The number of nitro groups is 2. The van der Waals surface area contributed by atoms with Crippen molar-refractivity contribution in [3.8, 4) is 0 Å². The van der Waals surface area contributed by atoms with Gasteiger partial charge >= 0.3 is 0 Å². The topological polar surface area (TPSA) is 186 Å². The summed E-state index contributed by atoms with van der Waals surface area (Å²) in [5, 5.41) is 29.9. The third kappa shape index (κ3) is 8.66. The number of benzene rings is 3. The van der Waals surface area contributed by atoms with Crippen molar-refractivity contribution >= 4 is 59.7 Å². The standard InChI is InChI=1S/C24H20ClN6O7P/c25-19-7-9-22(10-8-19)39(38,15-23(32)28-26-13-17-3-1-5-20(11-17)30(34)35)16-24(33)29-27-14-18-4-2-6-21(12-18)31(36)37/h1-14H,15-16H2,(H,28,32)(H,29,33)/b26-13-,27-14-. The van der Waals surface area contributed by atoms with Gasteiger partial charge in [-0.25, -0.2) is 10.9 Å². The summed E-state index contributed by atoms with van der Waals surface area (Å²) in [6.07, 6.45) is 1.22. The number of hydrazone groups is 2. The average molecular weight is 571 g/mol. The first-order valence-electron chi connectivity index (χ1n) is 11.0. The Balaban J connectivity index is 1.70. The maximum atomic E-state index is 13.8. The summed E-state index contributed by atoms with van der Waals surface area (Å²) in [5.74, 6) is -1.52. The second-order valence-corrected chi connectivity index (χ2v) is 11.3. The van der Waals surface area contributed by atoms with Crippen LogP contribution in [0.3, 0.4) is 0 Å². The minimum absolute atomic E-state index is 0.156. The van der Waals surface area contributed by atoms with Gasteiger partial charge in [-0.1, -0.05) is 35.9 Å². The molecule has 0 saturated heterocycles. The average Bonchev–Trinajstić information content (AvgIpc) is 2.89. The first-order valence-corrected chi connectivity index (χ1v) is 13.5. The van der Waals surface area contributed by atoms with Crippen LogP contribution in [0.4, 0.5) is 11.4 Å². The zero-order valence-electron chi connectivity index (χ0n) is 20.0. The van der Waals surface area contributed by atoms with Crippen molar-refractivity contribution in [2.45, 2.75) is 0 Å². The fraction of sp³-hybridized carbons (Fsp3) is 0.0833. The molecule has 39 heavy (non-hydrogen) atoms. The minimum Gasteiger partial charge on any atom is -0.318 e. The number of nitrogens with one attached hydrogen (secondary N) is 2. The molecular weight excluding hydrogens is 551 g/mol. The summed E-state index contributed by atoms with van der Waals surface area (Å²) < 4.78 is 13.8. The summed E-state index contributed by atoms with van der Waals surface area (Å²) in [4.78, 5) is 45.8. The number of halogens is 1. The van der Waals surface area contributed by atoms with Gasteiger partial charge in [0, 0.05) is 45.7 Å². The first kappa shape index (κ1) is 28.8. The van der Waals surface area contributed by atoms with Crippen LogP contribution in [0, 0.1) is 20.2 Å². The molecule has 2 amide bonds. The van der Waals surface area contributed by atoms with Crippen LogP contribution in [0.2, 0.25) is 5.02 Å². The second-order valence-electron chi connectivity index (χ2n) is 7.97. The highest BCUT2D eigenvalue weighted by Gasteiger charge is 2.31. The lowest BCUT2D eigenvalue weighted by atomic mass is 10.2. The highest BCUT2D eigenvalue weighted by atomic mass is 35.5. The zero-order valence-corrected chi connectivity index (χ0v) is 21.6. The lowest BCUT2D eigenvalue weighted by Crippen LogP contribution is -2.30. The molecule has 0 saturated carbocycles. The van der Waals surface area contributed by atoms with E-state index in [-0.39, 0.29) is 16.7 Å². The van der Waals surface area contributed by atoms with Crippen LogP contribution in [0.25, 0.3) is 0 Å². The predicted octanol–water partition coefficient (Wildman–Crippen LogP) is 3.45. The van der Waals surface area contributed by atoms with Gasteiger partial charge in [0.05, 0.1) is 34.6 Å². The summed E-state index contributed by atoms with van der Waals surface area (Å²) >= 11 is 5.92. The lowest BCUT2D eigenvalue weighted by molar-refractivity contribution is -0.385. The molecule has 200 valence electrons. The molecule has 0 bridgehead atoms. The molecule has 0 radical (unpaired) electrons. The van der Waals surface area contributed by atoms with Gasteiger partial charge in [0.2, 0.25) is 11.8 Å². The molecule has 0 unspecified atom stereocenters. The molecule has 0 spiro atoms. The van der Waals surface area contributed by atoms with Crippen LogP contribution < -0.4 is 16.2 Å². The molecule has 0 atom stereocenters. The van der Waals surface area contributed by atoms with E-state index < -0.39 is 41.1 Å². The minimum atomic E-state index is -3.68. The third-order valence-corrected chi connectivity index (χ3v) is 8.15. The van der Waals surface area contributed by atoms with E-state index >= 15 is 0 Å². The van der Waals surface area contributed by atoms with Crippen LogP contribution in [0.15, 0.2) is 83.0 Å². The molecule has 0 aromatic heterocycles. The quantitative estimate of drug-likeness (QED) is 0.153. The fourth-order valence-electron chi connectivity index (χ4n) is 3.28. The largest absolute Gasteiger partial charge is 0.318 e. The number of hydrogen-bond donors (Lipinski definition) is 2. The van der Waals surface area contributed by atoms with E-state index in [9.17, 15) is 34.4 Å². The van der Waals surface area contributed by atoms with Crippen LogP contribution in [0.5, 0.6) is 0 Å². The van der Waals surface area contributed by atoms with Crippen LogP contribution in [-0.4, -0.2) is 46.4 Å². The number of non-ortho nitro benzene ring substituents is 2. The van der Waals surface area contributed by atoms with E-state index in [0.29, 0.717) is 16.1 Å². The zero-order chi connectivity index (χ0) is 28.4. The second kappa shape index (κ2) is 13.2. The Bertz CT molecular complexity index is 1420. The van der Waals surface area contributed by atoms with Gasteiger partial charge in [-0.2, -0.15) is 10.2 Å². The van der Waals surface area contributed by atoms with E-state index in [1.165, 1.54) is 73.1 Å². The number of carbonyl (C=O) groups is 2. The molecule has 13 nitrogen and oxygen atoms in total. The Morgan fingerprint density at radius 3 is 1.64 bits per heavy atom. The molecule has 2 N–H and O–H groups in total. The van der Waals surface area contributed by atoms with Gasteiger partial charge in [-0.15, -0.1) is 0 Å².